The molecule has 0 spiro atoms. The van der Waals surface area contributed by atoms with Gasteiger partial charge in [0.25, 0.3) is 0 Å². The lowest BCUT2D eigenvalue weighted by Crippen LogP contribution is -2.15. The number of nitrogens with zero attached hydrogens (tertiary/aromatic N) is 7. The third-order valence-electron chi connectivity index (χ3n) is 5.76. The average Bonchev–Trinajstić information content (AvgIpc) is 3.58. The fourth-order valence-electron chi connectivity index (χ4n) is 3.87. The summed E-state index contributed by atoms with van der Waals surface area (Å²) >= 11 is 0. The van der Waals surface area contributed by atoms with Crippen molar-refractivity contribution < 1.29 is 9.32 Å². The molecule has 0 bridgehead atoms. The Hall–Kier alpha value is -4.78. The maximum absolute atomic E-state index is 12.5. The van der Waals surface area contributed by atoms with E-state index in [0.717, 1.165) is 22.3 Å². The molecule has 5 rings (SSSR count). The summed E-state index contributed by atoms with van der Waals surface area (Å²) in [5.74, 6) is 0.829. The SMILES string of the molecule is Cn1cc(-c2cc(C#N)c3c(-c4ccc(CC(=O)Nc5cc(C(C)(C)C)on5)nc4)cnn3c2)cn1. The van der Waals surface area contributed by atoms with Crippen LogP contribution in [0.4, 0.5) is 5.82 Å². The van der Waals surface area contributed by atoms with Gasteiger partial charge in [0.2, 0.25) is 5.91 Å². The number of amides is 1. The Morgan fingerprint density at radius 2 is 1.92 bits per heavy atom. The summed E-state index contributed by atoms with van der Waals surface area (Å²) in [6.07, 6.45) is 8.99. The molecule has 10 heteroatoms. The summed E-state index contributed by atoms with van der Waals surface area (Å²) < 4.78 is 8.72. The van der Waals surface area contributed by atoms with Crippen LogP contribution in [0.1, 0.15) is 37.8 Å². The molecule has 0 fully saturated rings. The maximum Gasteiger partial charge on any atom is 0.231 e. The van der Waals surface area contributed by atoms with Crippen molar-refractivity contribution >= 4 is 17.2 Å². The molecule has 0 saturated heterocycles. The van der Waals surface area contributed by atoms with Crippen LogP contribution in [-0.2, 0) is 23.7 Å². The highest BCUT2D eigenvalue weighted by atomic mass is 16.5. The number of aromatic nitrogens is 6. The zero-order valence-electron chi connectivity index (χ0n) is 20.4. The van der Waals surface area contributed by atoms with Gasteiger partial charge in [0.15, 0.2) is 5.82 Å². The Morgan fingerprint density at radius 1 is 1.08 bits per heavy atom. The molecule has 1 amide bonds. The van der Waals surface area contributed by atoms with E-state index in [1.807, 2.05) is 52.3 Å². The van der Waals surface area contributed by atoms with Gasteiger partial charge in [0.05, 0.1) is 29.9 Å². The summed E-state index contributed by atoms with van der Waals surface area (Å²) in [5, 5.41) is 25.2. The second-order valence-electron chi connectivity index (χ2n) is 9.60. The number of pyridine rings is 2. The molecule has 0 aromatic carbocycles. The zero-order valence-corrected chi connectivity index (χ0v) is 20.4. The van der Waals surface area contributed by atoms with E-state index in [9.17, 15) is 10.1 Å². The molecule has 36 heavy (non-hydrogen) atoms. The fraction of sp³-hybridized carbons (Fsp3) is 0.231. The number of carbonyl (C=O) groups excluding carboxylic acids is 1. The van der Waals surface area contributed by atoms with Crippen molar-refractivity contribution in [1.82, 2.24) is 29.5 Å². The van der Waals surface area contributed by atoms with Gasteiger partial charge in [-0.05, 0) is 12.1 Å². The maximum atomic E-state index is 12.5. The molecule has 0 aliphatic carbocycles. The molecule has 0 saturated carbocycles. The van der Waals surface area contributed by atoms with E-state index in [4.69, 9.17) is 4.52 Å². The zero-order chi connectivity index (χ0) is 25.4. The fourth-order valence-corrected chi connectivity index (χ4v) is 3.87. The van der Waals surface area contributed by atoms with E-state index in [2.05, 4.69) is 31.7 Å². The Labute approximate surface area is 207 Å². The molecule has 0 aliphatic rings. The van der Waals surface area contributed by atoms with Crippen molar-refractivity contribution in [1.29, 1.82) is 5.26 Å². The number of rotatable bonds is 5. The van der Waals surface area contributed by atoms with Crippen molar-refractivity contribution in [3.05, 3.63) is 72.3 Å². The first-order valence-corrected chi connectivity index (χ1v) is 11.3. The topological polar surface area (TPSA) is 127 Å². The van der Waals surface area contributed by atoms with Gasteiger partial charge in [0.1, 0.15) is 11.8 Å². The first-order valence-electron chi connectivity index (χ1n) is 11.3. The van der Waals surface area contributed by atoms with Crippen LogP contribution in [0.2, 0.25) is 0 Å². The van der Waals surface area contributed by atoms with E-state index >= 15 is 0 Å². The molecule has 5 aromatic heterocycles. The van der Waals surface area contributed by atoms with Crippen molar-refractivity contribution in [2.24, 2.45) is 7.05 Å². The summed E-state index contributed by atoms with van der Waals surface area (Å²) in [4.78, 5) is 16.9. The van der Waals surface area contributed by atoms with Gasteiger partial charge in [-0.25, -0.2) is 4.52 Å². The molecule has 10 nitrogen and oxygen atoms in total. The van der Waals surface area contributed by atoms with Gasteiger partial charge in [-0.3, -0.25) is 14.5 Å². The number of hydrogen-bond donors (Lipinski definition) is 1. The highest BCUT2D eigenvalue weighted by Gasteiger charge is 2.20. The molecule has 1 N–H and O–H groups in total. The second-order valence-corrected chi connectivity index (χ2v) is 9.60. The van der Waals surface area contributed by atoms with Gasteiger partial charge >= 0.3 is 0 Å². The second kappa shape index (κ2) is 8.78. The first kappa shape index (κ1) is 23.0. The molecule has 5 aromatic rings. The van der Waals surface area contributed by atoms with Crippen LogP contribution in [0.3, 0.4) is 0 Å². The summed E-state index contributed by atoms with van der Waals surface area (Å²) in [7, 11) is 1.84. The Balaban J connectivity index is 1.35. The Morgan fingerprint density at radius 3 is 2.56 bits per heavy atom. The van der Waals surface area contributed by atoms with E-state index < -0.39 is 0 Å². The lowest BCUT2D eigenvalue weighted by molar-refractivity contribution is -0.115. The number of carbonyl (C=O) groups is 1. The third-order valence-corrected chi connectivity index (χ3v) is 5.76. The van der Waals surface area contributed by atoms with Crippen LogP contribution in [0.5, 0.6) is 0 Å². The lowest BCUT2D eigenvalue weighted by atomic mass is 9.93. The smallest absolute Gasteiger partial charge is 0.231 e. The lowest BCUT2D eigenvalue weighted by Gasteiger charge is -2.12. The minimum atomic E-state index is -0.241. The molecule has 5 heterocycles. The average molecular weight is 481 g/mol. The van der Waals surface area contributed by atoms with E-state index in [0.29, 0.717) is 28.4 Å². The summed E-state index contributed by atoms with van der Waals surface area (Å²) in [6, 6.07) is 9.50. The summed E-state index contributed by atoms with van der Waals surface area (Å²) in [6.45, 7) is 6.02. The Bertz CT molecular complexity index is 1610. The monoisotopic (exact) mass is 480 g/mol. The number of hydrogen-bond acceptors (Lipinski definition) is 7. The quantitative estimate of drug-likeness (QED) is 0.400. The van der Waals surface area contributed by atoms with Gasteiger partial charge in [-0.1, -0.05) is 32.0 Å². The van der Waals surface area contributed by atoms with Gasteiger partial charge in [-0.15, -0.1) is 0 Å². The van der Waals surface area contributed by atoms with Crippen molar-refractivity contribution in [3.63, 3.8) is 0 Å². The van der Waals surface area contributed by atoms with Gasteiger partial charge < -0.3 is 9.84 Å². The van der Waals surface area contributed by atoms with Crippen LogP contribution < -0.4 is 5.32 Å². The van der Waals surface area contributed by atoms with Crippen molar-refractivity contribution in [3.8, 4) is 28.3 Å². The van der Waals surface area contributed by atoms with Crippen LogP contribution in [0.15, 0.2) is 59.8 Å². The molecular formula is C26H24N8O2. The molecule has 0 unspecified atom stereocenters. The van der Waals surface area contributed by atoms with Gasteiger partial charge in [-0.2, -0.15) is 15.5 Å². The highest BCUT2D eigenvalue weighted by Crippen LogP contribution is 2.30. The molecule has 0 atom stereocenters. The van der Waals surface area contributed by atoms with Crippen LogP contribution >= 0.6 is 0 Å². The predicted molar refractivity (Wildman–Crippen MR) is 133 cm³/mol. The first-order chi connectivity index (χ1) is 17.2. The van der Waals surface area contributed by atoms with Crippen molar-refractivity contribution in [2.45, 2.75) is 32.6 Å². The minimum Gasteiger partial charge on any atom is -0.359 e. The number of aryl methyl sites for hydroxylation is 1. The molecule has 180 valence electrons. The molecular weight excluding hydrogens is 456 g/mol. The third kappa shape index (κ3) is 4.46. The van der Waals surface area contributed by atoms with Gasteiger partial charge in [0, 0.05) is 65.1 Å². The van der Waals surface area contributed by atoms with Crippen molar-refractivity contribution in [2.75, 3.05) is 5.32 Å². The summed E-state index contributed by atoms with van der Waals surface area (Å²) in [5.41, 5.74) is 4.92. The largest absolute Gasteiger partial charge is 0.359 e. The number of anilines is 1. The molecule has 0 aliphatic heterocycles. The normalized spacial score (nSPS) is 11.5. The number of fused-ring (bicyclic) bond motifs is 1. The Kier molecular flexibility index (Phi) is 5.60. The number of nitriles is 1. The highest BCUT2D eigenvalue weighted by molar-refractivity contribution is 5.91. The number of nitrogens with one attached hydrogen (secondary N) is 1. The van der Waals surface area contributed by atoms with E-state index in [1.165, 1.54) is 0 Å². The van der Waals surface area contributed by atoms with Crippen LogP contribution in [0.25, 0.3) is 27.8 Å². The predicted octanol–water partition coefficient (Wildman–Crippen LogP) is 4.14. The molecule has 0 radical (unpaired) electrons. The van der Waals surface area contributed by atoms with E-state index in [1.54, 1.807) is 39.9 Å². The van der Waals surface area contributed by atoms with E-state index in [-0.39, 0.29) is 17.7 Å². The van der Waals surface area contributed by atoms with Crippen LogP contribution in [0, 0.1) is 11.3 Å². The minimum absolute atomic E-state index is 0.0880. The standard InChI is InChI=1S/C26H24N8O2/c1-26(2,3)22-9-23(32-36-22)31-24(35)8-20-6-5-16(11-28-20)21-13-30-34-15-18(7-17(10-27)25(21)34)19-12-29-33(4)14-19/h5-7,9,11-15H,8H2,1-4H3,(H,31,32,35). The van der Waals surface area contributed by atoms with Crippen LogP contribution in [-0.4, -0.2) is 35.4 Å².